The Morgan fingerprint density at radius 3 is 2.53 bits per heavy atom. The lowest BCUT2D eigenvalue weighted by atomic mass is 10.1. The van der Waals surface area contributed by atoms with Crippen LogP contribution in [0.15, 0.2) is 53.2 Å². The molecule has 30 heavy (non-hydrogen) atoms. The van der Waals surface area contributed by atoms with E-state index in [1.807, 2.05) is 26.0 Å². The smallest absolute Gasteiger partial charge is 0.260 e. The van der Waals surface area contributed by atoms with E-state index in [4.69, 9.17) is 4.42 Å². The van der Waals surface area contributed by atoms with Crippen molar-refractivity contribution in [2.24, 2.45) is 0 Å². The molecule has 0 saturated carbocycles. The van der Waals surface area contributed by atoms with E-state index in [1.54, 1.807) is 48.1 Å². The topological polar surface area (TPSA) is 88.8 Å². The number of nitriles is 1. The molecule has 8 heteroatoms. The highest BCUT2D eigenvalue weighted by molar-refractivity contribution is 6.07. The molecule has 0 aliphatic carbocycles. The SMILES string of the molecule is Cc1cc(C)n(-c2ccc(NC(=O)c3c(C)oc(-n4cccc4)c3C#N)cc2F)n1. The number of nitrogens with zero attached hydrogens (tertiary/aromatic N) is 4. The number of halogens is 1. The van der Waals surface area contributed by atoms with Gasteiger partial charge in [-0.25, -0.2) is 9.07 Å². The fourth-order valence-corrected chi connectivity index (χ4v) is 3.38. The molecule has 3 heterocycles. The molecule has 1 amide bonds. The first-order valence-electron chi connectivity index (χ1n) is 9.20. The summed E-state index contributed by atoms with van der Waals surface area (Å²) in [5.74, 6) is -0.524. The van der Waals surface area contributed by atoms with Crippen molar-refractivity contribution >= 4 is 11.6 Å². The van der Waals surface area contributed by atoms with E-state index in [0.717, 1.165) is 11.4 Å². The van der Waals surface area contributed by atoms with Crippen LogP contribution in [-0.4, -0.2) is 20.3 Å². The molecule has 7 nitrogen and oxygen atoms in total. The van der Waals surface area contributed by atoms with Crippen LogP contribution in [0.4, 0.5) is 10.1 Å². The first kappa shape index (κ1) is 19.2. The first-order chi connectivity index (χ1) is 14.4. The zero-order valence-corrected chi connectivity index (χ0v) is 16.6. The Hall–Kier alpha value is -4.12. The third-order valence-electron chi connectivity index (χ3n) is 4.69. The second-order valence-corrected chi connectivity index (χ2v) is 6.87. The molecular formula is C22H18FN5O2. The van der Waals surface area contributed by atoms with Gasteiger partial charge in [0.2, 0.25) is 5.88 Å². The predicted molar refractivity (Wildman–Crippen MR) is 108 cm³/mol. The van der Waals surface area contributed by atoms with Crippen molar-refractivity contribution in [3.63, 3.8) is 0 Å². The lowest BCUT2D eigenvalue weighted by Crippen LogP contribution is -2.14. The normalized spacial score (nSPS) is 10.8. The Balaban J connectivity index is 1.65. The standard InChI is InChI=1S/C22H18FN5O2/c1-13-10-14(2)28(26-13)19-7-6-16(11-18(19)23)25-21(29)20-15(3)30-22(17(20)12-24)27-8-4-5-9-27/h4-11H,1-3H3,(H,25,29). The fourth-order valence-electron chi connectivity index (χ4n) is 3.38. The summed E-state index contributed by atoms with van der Waals surface area (Å²) in [5, 5.41) is 16.5. The molecule has 0 aliphatic rings. The number of hydrogen-bond acceptors (Lipinski definition) is 4. The minimum atomic E-state index is -0.551. The minimum Gasteiger partial charge on any atom is -0.443 e. The molecule has 0 aliphatic heterocycles. The van der Waals surface area contributed by atoms with Gasteiger partial charge in [-0.2, -0.15) is 10.4 Å². The van der Waals surface area contributed by atoms with Gasteiger partial charge in [-0.05, 0) is 57.2 Å². The lowest BCUT2D eigenvalue weighted by Gasteiger charge is -2.09. The zero-order valence-electron chi connectivity index (χ0n) is 16.6. The summed E-state index contributed by atoms with van der Waals surface area (Å²) >= 11 is 0. The number of carbonyl (C=O) groups excluding carboxylic acids is 1. The van der Waals surface area contributed by atoms with Crippen molar-refractivity contribution in [3.05, 3.63) is 82.9 Å². The van der Waals surface area contributed by atoms with Crippen LogP contribution in [0, 0.1) is 37.9 Å². The van der Waals surface area contributed by atoms with E-state index in [1.165, 1.54) is 10.7 Å². The van der Waals surface area contributed by atoms with Crippen molar-refractivity contribution in [3.8, 4) is 17.6 Å². The maximum Gasteiger partial charge on any atom is 0.260 e. The number of anilines is 1. The highest BCUT2D eigenvalue weighted by atomic mass is 19.1. The first-order valence-corrected chi connectivity index (χ1v) is 9.20. The van der Waals surface area contributed by atoms with Gasteiger partial charge in [0.05, 0.1) is 5.69 Å². The summed E-state index contributed by atoms with van der Waals surface area (Å²) in [7, 11) is 0. The lowest BCUT2D eigenvalue weighted by molar-refractivity contribution is 0.102. The number of rotatable bonds is 4. The predicted octanol–water partition coefficient (Wildman–Crippen LogP) is 4.44. The number of aryl methyl sites for hydroxylation is 3. The maximum absolute atomic E-state index is 14.7. The van der Waals surface area contributed by atoms with Crippen LogP contribution in [0.2, 0.25) is 0 Å². The average molecular weight is 403 g/mol. The number of carbonyl (C=O) groups is 1. The zero-order chi connectivity index (χ0) is 21.4. The van der Waals surface area contributed by atoms with Gasteiger partial charge in [0.15, 0.2) is 5.82 Å². The number of aromatic nitrogens is 3. The quantitative estimate of drug-likeness (QED) is 0.545. The Morgan fingerprint density at radius 1 is 1.20 bits per heavy atom. The summed E-state index contributed by atoms with van der Waals surface area (Å²) in [6, 6.07) is 11.8. The number of amides is 1. The van der Waals surface area contributed by atoms with Crippen LogP contribution < -0.4 is 5.32 Å². The van der Waals surface area contributed by atoms with Gasteiger partial charge >= 0.3 is 0 Å². The number of furan rings is 1. The van der Waals surface area contributed by atoms with Gasteiger partial charge in [-0.3, -0.25) is 9.36 Å². The molecule has 1 N–H and O–H groups in total. The molecule has 0 saturated heterocycles. The van der Waals surface area contributed by atoms with E-state index in [2.05, 4.69) is 10.4 Å². The summed E-state index contributed by atoms with van der Waals surface area (Å²) in [6.07, 6.45) is 3.43. The highest BCUT2D eigenvalue weighted by Crippen LogP contribution is 2.27. The van der Waals surface area contributed by atoms with Crippen LogP contribution in [0.3, 0.4) is 0 Å². The molecule has 0 spiro atoms. The van der Waals surface area contributed by atoms with E-state index in [0.29, 0.717) is 5.76 Å². The summed E-state index contributed by atoms with van der Waals surface area (Å²) in [6.45, 7) is 5.27. The molecule has 4 rings (SSSR count). The molecule has 3 aromatic heterocycles. The second-order valence-electron chi connectivity index (χ2n) is 6.87. The number of nitrogens with one attached hydrogen (secondary N) is 1. The van der Waals surface area contributed by atoms with Crippen molar-refractivity contribution in [1.29, 1.82) is 5.26 Å². The molecule has 0 fully saturated rings. The van der Waals surface area contributed by atoms with Gasteiger partial charge in [-0.15, -0.1) is 0 Å². The van der Waals surface area contributed by atoms with Crippen LogP contribution >= 0.6 is 0 Å². The Bertz CT molecular complexity index is 1290. The van der Waals surface area contributed by atoms with Crippen molar-refractivity contribution in [1.82, 2.24) is 14.3 Å². The molecule has 150 valence electrons. The van der Waals surface area contributed by atoms with Gasteiger partial charge < -0.3 is 9.73 Å². The van der Waals surface area contributed by atoms with Crippen molar-refractivity contribution in [2.45, 2.75) is 20.8 Å². The molecule has 1 aromatic carbocycles. The number of benzene rings is 1. The van der Waals surface area contributed by atoms with Crippen LogP contribution in [-0.2, 0) is 0 Å². The average Bonchev–Trinajstić information content (AvgIpc) is 3.40. The Labute approximate surface area is 172 Å². The van der Waals surface area contributed by atoms with Gasteiger partial charge in [0.1, 0.15) is 28.6 Å². The van der Waals surface area contributed by atoms with Gasteiger partial charge in [0, 0.05) is 23.8 Å². The maximum atomic E-state index is 14.7. The fraction of sp³-hybridized carbons (Fsp3) is 0.136. The third-order valence-corrected chi connectivity index (χ3v) is 4.69. The van der Waals surface area contributed by atoms with Gasteiger partial charge in [-0.1, -0.05) is 0 Å². The molecular weight excluding hydrogens is 385 g/mol. The van der Waals surface area contributed by atoms with E-state index in [9.17, 15) is 14.4 Å². The van der Waals surface area contributed by atoms with Crippen LogP contribution in [0.1, 0.15) is 33.1 Å². The summed E-state index contributed by atoms with van der Waals surface area (Å²) < 4.78 is 23.5. The van der Waals surface area contributed by atoms with E-state index in [-0.39, 0.29) is 28.4 Å². The van der Waals surface area contributed by atoms with Crippen molar-refractivity contribution < 1.29 is 13.6 Å². The molecule has 0 radical (unpaired) electrons. The highest BCUT2D eigenvalue weighted by Gasteiger charge is 2.25. The summed E-state index contributed by atoms with van der Waals surface area (Å²) in [4.78, 5) is 12.8. The van der Waals surface area contributed by atoms with Gasteiger partial charge in [0.25, 0.3) is 5.91 Å². The van der Waals surface area contributed by atoms with E-state index >= 15 is 0 Å². The Kier molecular flexibility index (Phi) is 4.72. The number of hydrogen-bond donors (Lipinski definition) is 1. The third kappa shape index (κ3) is 3.26. The Morgan fingerprint density at radius 2 is 1.93 bits per heavy atom. The molecule has 4 aromatic rings. The molecule has 0 unspecified atom stereocenters. The van der Waals surface area contributed by atoms with E-state index < -0.39 is 11.7 Å². The largest absolute Gasteiger partial charge is 0.443 e. The second kappa shape index (κ2) is 7.37. The van der Waals surface area contributed by atoms with Crippen molar-refractivity contribution in [2.75, 3.05) is 5.32 Å². The minimum absolute atomic E-state index is 0.112. The van der Waals surface area contributed by atoms with Crippen LogP contribution in [0.25, 0.3) is 11.6 Å². The van der Waals surface area contributed by atoms with Crippen LogP contribution in [0.5, 0.6) is 0 Å². The summed E-state index contributed by atoms with van der Waals surface area (Å²) in [5.41, 5.74) is 2.35. The monoisotopic (exact) mass is 403 g/mol. The molecule has 0 bridgehead atoms. The molecule has 0 atom stereocenters.